The molecule has 0 aliphatic heterocycles. The highest BCUT2D eigenvalue weighted by Crippen LogP contribution is 2.23. The van der Waals surface area contributed by atoms with Crippen molar-refractivity contribution >= 4 is 17.5 Å². The van der Waals surface area contributed by atoms with Crippen LogP contribution in [0, 0.1) is 0 Å². The minimum absolute atomic E-state index is 0.0205. The fourth-order valence-electron chi connectivity index (χ4n) is 1.45. The van der Waals surface area contributed by atoms with E-state index < -0.39 is 18.8 Å². The Bertz CT molecular complexity index is 501. The standard InChI is InChI=1S/C13H15F3N2O2/c1-4-20-12(19)18(8-13(14,15)16)11-7-10(9(2)3)5-6-17-11/h5-7H,2,4,8H2,1,3H3. The molecule has 0 fully saturated rings. The zero-order valence-corrected chi connectivity index (χ0v) is 11.2. The Kier molecular flexibility index (Phi) is 5.12. The number of pyridine rings is 1. The van der Waals surface area contributed by atoms with Gasteiger partial charge in [-0.25, -0.2) is 9.78 Å². The molecule has 1 aromatic rings. The number of amides is 1. The molecule has 4 nitrogen and oxygen atoms in total. The number of ether oxygens (including phenoxy) is 1. The monoisotopic (exact) mass is 288 g/mol. The van der Waals surface area contributed by atoms with E-state index in [0.717, 1.165) is 0 Å². The summed E-state index contributed by atoms with van der Waals surface area (Å²) in [6, 6.07) is 2.97. The van der Waals surface area contributed by atoms with Gasteiger partial charge in [-0.3, -0.25) is 4.90 Å². The molecule has 1 aromatic heterocycles. The molecule has 1 amide bonds. The van der Waals surface area contributed by atoms with Gasteiger partial charge in [-0.1, -0.05) is 12.2 Å². The number of carbonyl (C=O) groups excluding carboxylic acids is 1. The van der Waals surface area contributed by atoms with Crippen LogP contribution in [0.15, 0.2) is 24.9 Å². The molecule has 1 heterocycles. The van der Waals surface area contributed by atoms with Crippen LogP contribution in [-0.4, -0.2) is 30.4 Å². The van der Waals surface area contributed by atoms with Gasteiger partial charge in [-0.15, -0.1) is 0 Å². The van der Waals surface area contributed by atoms with Crippen LogP contribution in [0.2, 0.25) is 0 Å². The molecule has 0 aliphatic carbocycles. The molecule has 0 radical (unpaired) electrons. The smallest absolute Gasteiger partial charge is 0.415 e. The number of alkyl halides is 3. The summed E-state index contributed by atoms with van der Waals surface area (Å²) < 4.78 is 42.3. The van der Waals surface area contributed by atoms with E-state index in [1.54, 1.807) is 13.0 Å². The van der Waals surface area contributed by atoms with Crippen LogP contribution in [0.3, 0.4) is 0 Å². The molecule has 0 bridgehead atoms. The minimum Gasteiger partial charge on any atom is -0.449 e. The lowest BCUT2D eigenvalue weighted by Crippen LogP contribution is -2.40. The van der Waals surface area contributed by atoms with Gasteiger partial charge in [0.05, 0.1) is 6.61 Å². The molecule has 20 heavy (non-hydrogen) atoms. The van der Waals surface area contributed by atoms with Gasteiger partial charge in [0.15, 0.2) is 0 Å². The average Bonchev–Trinajstić information content (AvgIpc) is 2.35. The van der Waals surface area contributed by atoms with E-state index in [4.69, 9.17) is 0 Å². The molecule has 0 atom stereocenters. The summed E-state index contributed by atoms with van der Waals surface area (Å²) in [7, 11) is 0. The maximum absolute atomic E-state index is 12.6. The Labute approximate surface area is 114 Å². The second kappa shape index (κ2) is 6.40. The first-order valence-electron chi connectivity index (χ1n) is 5.87. The third-order valence-electron chi connectivity index (χ3n) is 2.34. The Hall–Kier alpha value is -2.05. The molecule has 0 N–H and O–H groups in total. The van der Waals surface area contributed by atoms with E-state index in [1.165, 1.54) is 19.2 Å². The Balaban J connectivity index is 3.12. The van der Waals surface area contributed by atoms with Gasteiger partial charge in [0.25, 0.3) is 0 Å². The highest BCUT2D eigenvalue weighted by molar-refractivity contribution is 5.87. The summed E-state index contributed by atoms with van der Waals surface area (Å²) in [5.74, 6) is -0.124. The van der Waals surface area contributed by atoms with Crippen molar-refractivity contribution in [1.29, 1.82) is 0 Å². The van der Waals surface area contributed by atoms with Gasteiger partial charge >= 0.3 is 12.3 Å². The normalized spacial score (nSPS) is 11.1. The lowest BCUT2D eigenvalue weighted by molar-refractivity contribution is -0.119. The fourth-order valence-corrected chi connectivity index (χ4v) is 1.45. The summed E-state index contributed by atoms with van der Waals surface area (Å²) in [6.07, 6.45) is -4.31. The maximum atomic E-state index is 12.6. The van der Waals surface area contributed by atoms with Crippen LogP contribution >= 0.6 is 0 Å². The number of allylic oxidation sites excluding steroid dienone is 1. The molecule has 0 aliphatic rings. The molecule has 0 spiro atoms. The number of hydrogen-bond donors (Lipinski definition) is 0. The number of rotatable bonds is 4. The van der Waals surface area contributed by atoms with Crippen molar-refractivity contribution in [2.45, 2.75) is 20.0 Å². The highest BCUT2D eigenvalue weighted by atomic mass is 19.4. The number of hydrogen-bond acceptors (Lipinski definition) is 3. The Morgan fingerprint density at radius 1 is 1.50 bits per heavy atom. The van der Waals surface area contributed by atoms with E-state index >= 15 is 0 Å². The van der Waals surface area contributed by atoms with Gasteiger partial charge in [-0.2, -0.15) is 13.2 Å². The molecule has 0 saturated carbocycles. The van der Waals surface area contributed by atoms with Crippen LogP contribution < -0.4 is 4.90 Å². The van der Waals surface area contributed by atoms with Crippen molar-refractivity contribution in [1.82, 2.24) is 4.98 Å². The van der Waals surface area contributed by atoms with Crippen molar-refractivity contribution in [3.05, 3.63) is 30.5 Å². The molecule has 0 saturated heterocycles. The molecule has 0 aromatic carbocycles. The quantitative estimate of drug-likeness (QED) is 0.849. The van der Waals surface area contributed by atoms with E-state index in [9.17, 15) is 18.0 Å². The predicted molar refractivity (Wildman–Crippen MR) is 69.4 cm³/mol. The van der Waals surface area contributed by atoms with Crippen LogP contribution in [0.5, 0.6) is 0 Å². The van der Waals surface area contributed by atoms with E-state index in [1.807, 2.05) is 0 Å². The SMILES string of the molecule is C=C(C)c1ccnc(N(CC(F)(F)F)C(=O)OCC)c1. The molecular formula is C13H15F3N2O2. The Morgan fingerprint density at radius 3 is 2.65 bits per heavy atom. The third-order valence-corrected chi connectivity index (χ3v) is 2.34. The van der Waals surface area contributed by atoms with Gasteiger partial charge in [0, 0.05) is 6.20 Å². The second-order valence-electron chi connectivity index (χ2n) is 4.08. The molecular weight excluding hydrogens is 273 g/mol. The maximum Gasteiger partial charge on any atom is 0.415 e. The van der Waals surface area contributed by atoms with Crippen LogP contribution in [-0.2, 0) is 4.74 Å². The fraction of sp³-hybridized carbons (Fsp3) is 0.385. The van der Waals surface area contributed by atoms with Crippen molar-refractivity contribution in [3.63, 3.8) is 0 Å². The van der Waals surface area contributed by atoms with Crippen molar-refractivity contribution in [2.24, 2.45) is 0 Å². The van der Waals surface area contributed by atoms with Crippen LogP contribution in [0.4, 0.5) is 23.8 Å². The number of nitrogens with zero attached hydrogens (tertiary/aromatic N) is 2. The summed E-state index contributed by atoms with van der Waals surface area (Å²) in [4.78, 5) is 15.9. The zero-order chi connectivity index (χ0) is 15.3. The largest absolute Gasteiger partial charge is 0.449 e. The first kappa shape index (κ1) is 16.0. The third kappa shape index (κ3) is 4.56. The predicted octanol–water partition coefficient (Wildman–Crippen LogP) is 3.64. The summed E-state index contributed by atoms with van der Waals surface area (Å²) >= 11 is 0. The van der Waals surface area contributed by atoms with Crippen molar-refractivity contribution < 1.29 is 22.7 Å². The van der Waals surface area contributed by atoms with Gasteiger partial charge in [0.2, 0.25) is 0 Å². The first-order chi connectivity index (χ1) is 9.24. The van der Waals surface area contributed by atoms with E-state index in [-0.39, 0.29) is 12.4 Å². The zero-order valence-electron chi connectivity index (χ0n) is 11.2. The minimum atomic E-state index is -4.55. The number of aromatic nitrogens is 1. The molecule has 110 valence electrons. The average molecular weight is 288 g/mol. The van der Waals surface area contributed by atoms with Crippen LogP contribution in [0.25, 0.3) is 5.57 Å². The van der Waals surface area contributed by atoms with Crippen LogP contribution in [0.1, 0.15) is 19.4 Å². The summed E-state index contributed by atoms with van der Waals surface area (Å²) in [5.41, 5.74) is 1.26. The molecule has 1 rings (SSSR count). The number of carbonyl (C=O) groups is 1. The lowest BCUT2D eigenvalue weighted by atomic mass is 10.1. The summed E-state index contributed by atoms with van der Waals surface area (Å²) in [6.45, 7) is 5.44. The van der Waals surface area contributed by atoms with Gasteiger partial charge < -0.3 is 4.74 Å². The Morgan fingerprint density at radius 2 is 2.15 bits per heavy atom. The van der Waals surface area contributed by atoms with Gasteiger partial charge in [0.1, 0.15) is 12.4 Å². The van der Waals surface area contributed by atoms with E-state index in [2.05, 4.69) is 16.3 Å². The first-order valence-corrected chi connectivity index (χ1v) is 5.87. The molecule has 0 unspecified atom stereocenters. The number of anilines is 1. The van der Waals surface area contributed by atoms with E-state index in [0.29, 0.717) is 16.0 Å². The van der Waals surface area contributed by atoms with Crippen molar-refractivity contribution in [2.75, 3.05) is 18.1 Å². The van der Waals surface area contributed by atoms with Crippen molar-refractivity contribution in [3.8, 4) is 0 Å². The number of halogens is 3. The highest BCUT2D eigenvalue weighted by Gasteiger charge is 2.35. The molecule has 7 heteroatoms. The second-order valence-corrected chi connectivity index (χ2v) is 4.08. The lowest BCUT2D eigenvalue weighted by Gasteiger charge is -2.22. The summed E-state index contributed by atoms with van der Waals surface area (Å²) in [5, 5.41) is 0. The topological polar surface area (TPSA) is 42.4 Å². The van der Waals surface area contributed by atoms with Gasteiger partial charge in [-0.05, 0) is 31.5 Å².